The zero-order valence-corrected chi connectivity index (χ0v) is 15.9. The molecule has 0 unspecified atom stereocenters. The minimum absolute atomic E-state index is 0.0386. The predicted molar refractivity (Wildman–Crippen MR) is 102 cm³/mol. The lowest BCUT2D eigenvalue weighted by atomic mass is 9.83. The Kier molecular flexibility index (Phi) is 4.20. The zero-order chi connectivity index (χ0) is 19.2. The Bertz CT molecular complexity index is 998. The van der Waals surface area contributed by atoms with E-state index in [-0.39, 0.29) is 17.3 Å². The third-order valence-electron chi connectivity index (χ3n) is 5.51. The van der Waals surface area contributed by atoms with Crippen LogP contribution >= 0.6 is 0 Å². The molecule has 0 N–H and O–H groups in total. The Labute approximate surface area is 159 Å². The molecule has 27 heavy (non-hydrogen) atoms. The Morgan fingerprint density at radius 2 is 1.81 bits per heavy atom. The SMILES string of the molecule is C=C(c1ccccc1)[C@]12CCN(S(=O)(=O)c3ccc(C)cc3)[C@H]1CC(=O)O2. The molecule has 2 heterocycles. The summed E-state index contributed by atoms with van der Waals surface area (Å²) in [5, 5.41) is 0. The van der Waals surface area contributed by atoms with Crippen molar-refractivity contribution >= 4 is 21.6 Å². The van der Waals surface area contributed by atoms with E-state index in [0.717, 1.165) is 11.1 Å². The van der Waals surface area contributed by atoms with Gasteiger partial charge in [-0.05, 0) is 30.2 Å². The molecule has 0 radical (unpaired) electrons. The van der Waals surface area contributed by atoms with E-state index in [0.29, 0.717) is 18.5 Å². The van der Waals surface area contributed by atoms with Gasteiger partial charge in [0.2, 0.25) is 10.0 Å². The maximum absolute atomic E-state index is 13.2. The van der Waals surface area contributed by atoms with E-state index >= 15 is 0 Å². The molecule has 2 atom stereocenters. The number of carbonyl (C=O) groups is 1. The molecule has 0 aliphatic carbocycles. The molecule has 6 heteroatoms. The molecule has 0 bridgehead atoms. The van der Waals surface area contributed by atoms with E-state index in [2.05, 4.69) is 6.58 Å². The van der Waals surface area contributed by atoms with Gasteiger partial charge in [-0.1, -0.05) is 54.6 Å². The van der Waals surface area contributed by atoms with Crippen LogP contribution in [0.2, 0.25) is 0 Å². The number of hydrogen-bond acceptors (Lipinski definition) is 4. The molecule has 2 aromatic carbocycles. The Morgan fingerprint density at radius 3 is 2.48 bits per heavy atom. The number of nitrogens with zero attached hydrogens (tertiary/aromatic N) is 1. The molecule has 0 spiro atoms. The van der Waals surface area contributed by atoms with E-state index in [1.165, 1.54) is 4.31 Å². The molecular weight excluding hydrogens is 362 g/mol. The molecule has 0 aromatic heterocycles. The fourth-order valence-corrected chi connectivity index (χ4v) is 5.71. The number of rotatable bonds is 4. The molecule has 2 fully saturated rings. The summed E-state index contributed by atoms with van der Waals surface area (Å²) in [6, 6.07) is 15.7. The highest BCUT2D eigenvalue weighted by Crippen LogP contribution is 2.49. The van der Waals surface area contributed by atoms with Crippen LogP contribution < -0.4 is 0 Å². The fraction of sp³-hybridized carbons (Fsp3) is 0.286. The van der Waals surface area contributed by atoms with Gasteiger partial charge >= 0.3 is 5.97 Å². The maximum atomic E-state index is 13.2. The smallest absolute Gasteiger partial charge is 0.308 e. The summed E-state index contributed by atoms with van der Waals surface area (Å²) in [6.45, 7) is 6.38. The summed E-state index contributed by atoms with van der Waals surface area (Å²) in [6.07, 6.45) is 0.444. The molecule has 2 aliphatic rings. The van der Waals surface area contributed by atoms with Gasteiger partial charge in [-0.25, -0.2) is 8.42 Å². The van der Waals surface area contributed by atoms with Crippen molar-refractivity contribution in [1.82, 2.24) is 4.31 Å². The van der Waals surface area contributed by atoms with Crippen LogP contribution in [0.4, 0.5) is 0 Å². The number of benzene rings is 2. The Hall–Kier alpha value is -2.44. The third kappa shape index (κ3) is 2.80. The first-order valence-corrected chi connectivity index (χ1v) is 10.3. The summed E-state index contributed by atoms with van der Waals surface area (Å²) in [4.78, 5) is 12.4. The van der Waals surface area contributed by atoms with E-state index in [1.807, 2.05) is 37.3 Å². The van der Waals surface area contributed by atoms with Crippen LogP contribution in [0.5, 0.6) is 0 Å². The predicted octanol–water partition coefficient (Wildman–Crippen LogP) is 3.16. The zero-order valence-electron chi connectivity index (χ0n) is 15.1. The molecule has 2 aromatic rings. The van der Waals surface area contributed by atoms with Gasteiger partial charge in [-0.2, -0.15) is 4.31 Å². The first-order valence-electron chi connectivity index (χ1n) is 8.90. The monoisotopic (exact) mass is 383 g/mol. The number of hydrogen-bond donors (Lipinski definition) is 0. The summed E-state index contributed by atoms with van der Waals surface area (Å²) >= 11 is 0. The quantitative estimate of drug-likeness (QED) is 0.761. The highest BCUT2D eigenvalue weighted by atomic mass is 32.2. The summed E-state index contributed by atoms with van der Waals surface area (Å²) in [5.41, 5.74) is 1.49. The summed E-state index contributed by atoms with van der Waals surface area (Å²) in [5.74, 6) is -0.388. The second-order valence-corrected chi connectivity index (χ2v) is 9.00. The van der Waals surface area contributed by atoms with Crippen molar-refractivity contribution in [1.29, 1.82) is 0 Å². The van der Waals surface area contributed by atoms with Crippen LogP contribution in [-0.4, -0.2) is 36.9 Å². The molecule has 2 aliphatic heterocycles. The summed E-state index contributed by atoms with van der Waals surface area (Å²) in [7, 11) is -3.73. The normalized spacial score (nSPS) is 25.2. The van der Waals surface area contributed by atoms with Gasteiger partial charge < -0.3 is 4.74 Å². The Balaban J connectivity index is 1.73. The largest absolute Gasteiger partial charge is 0.452 e. The van der Waals surface area contributed by atoms with Gasteiger partial charge in [0.1, 0.15) is 0 Å². The highest BCUT2D eigenvalue weighted by molar-refractivity contribution is 7.89. The lowest BCUT2D eigenvalue weighted by molar-refractivity contribution is -0.144. The fourth-order valence-electron chi connectivity index (χ4n) is 4.05. The van der Waals surface area contributed by atoms with Gasteiger partial charge in [0, 0.05) is 13.0 Å². The topological polar surface area (TPSA) is 63.7 Å². The molecule has 5 nitrogen and oxygen atoms in total. The van der Waals surface area contributed by atoms with Crippen LogP contribution in [0.25, 0.3) is 5.57 Å². The molecule has 0 amide bonds. The van der Waals surface area contributed by atoms with E-state index < -0.39 is 21.7 Å². The van der Waals surface area contributed by atoms with E-state index in [9.17, 15) is 13.2 Å². The minimum atomic E-state index is -3.73. The van der Waals surface area contributed by atoms with Gasteiger partial charge in [0.15, 0.2) is 5.60 Å². The van der Waals surface area contributed by atoms with Crippen LogP contribution in [-0.2, 0) is 19.6 Å². The molecule has 4 rings (SSSR count). The molecular formula is C21H21NO4S. The van der Waals surface area contributed by atoms with Crippen LogP contribution in [0, 0.1) is 6.92 Å². The van der Waals surface area contributed by atoms with Crippen molar-refractivity contribution in [3.05, 3.63) is 72.3 Å². The minimum Gasteiger partial charge on any atom is -0.452 e. The van der Waals surface area contributed by atoms with Crippen molar-refractivity contribution in [2.45, 2.75) is 36.3 Å². The third-order valence-corrected chi connectivity index (χ3v) is 7.43. The average molecular weight is 383 g/mol. The second-order valence-electron chi connectivity index (χ2n) is 7.11. The number of ether oxygens (including phenoxy) is 1. The first-order chi connectivity index (χ1) is 12.8. The number of carbonyl (C=O) groups excluding carboxylic acids is 1. The van der Waals surface area contributed by atoms with Crippen molar-refractivity contribution in [3.8, 4) is 0 Å². The summed E-state index contributed by atoms with van der Waals surface area (Å²) < 4.78 is 33.6. The van der Waals surface area contributed by atoms with Crippen molar-refractivity contribution < 1.29 is 17.9 Å². The van der Waals surface area contributed by atoms with Gasteiger partial charge in [-0.3, -0.25) is 4.79 Å². The van der Waals surface area contributed by atoms with Crippen molar-refractivity contribution in [2.24, 2.45) is 0 Å². The van der Waals surface area contributed by atoms with Gasteiger partial charge in [0.05, 0.1) is 17.4 Å². The molecule has 0 saturated carbocycles. The maximum Gasteiger partial charge on any atom is 0.308 e. The lowest BCUT2D eigenvalue weighted by Gasteiger charge is -2.31. The first kappa shape index (κ1) is 17.9. The van der Waals surface area contributed by atoms with Crippen LogP contribution in [0.15, 0.2) is 66.1 Å². The van der Waals surface area contributed by atoms with Gasteiger partial charge in [0.25, 0.3) is 0 Å². The van der Waals surface area contributed by atoms with E-state index in [4.69, 9.17) is 4.74 Å². The molecule has 140 valence electrons. The number of esters is 1. The van der Waals surface area contributed by atoms with E-state index in [1.54, 1.807) is 24.3 Å². The van der Waals surface area contributed by atoms with Crippen molar-refractivity contribution in [2.75, 3.05) is 6.54 Å². The standard InChI is InChI=1S/C21H21NO4S/c1-15-8-10-18(11-9-15)27(24,25)22-13-12-21(19(22)14-20(23)26-21)16(2)17-6-4-3-5-7-17/h3-11,19H,2,12-14H2,1H3/t19-,21+/m0/s1. The lowest BCUT2D eigenvalue weighted by Crippen LogP contribution is -2.44. The van der Waals surface area contributed by atoms with Crippen LogP contribution in [0.1, 0.15) is 24.0 Å². The highest BCUT2D eigenvalue weighted by Gasteiger charge is 2.60. The number of aryl methyl sites for hydroxylation is 1. The van der Waals surface area contributed by atoms with Crippen molar-refractivity contribution in [3.63, 3.8) is 0 Å². The Morgan fingerprint density at radius 1 is 1.15 bits per heavy atom. The number of sulfonamides is 1. The molecule has 2 saturated heterocycles. The van der Waals surface area contributed by atoms with Gasteiger partial charge in [-0.15, -0.1) is 0 Å². The number of fused-ring (bicyclic) bond motifs is 1. The second kappa shape index (κ2) is 6.32. The average Bonchev–Trinajstić information content (AvgIpc) is 3.17. The van der Waals surface area contributed by atoms with Crippen LogP contribution in [0.3, 0.4) is 0 Å².